The molecule has 4 aromatic rings. The van der Waals surface area contributed by atoms with Crippen LogP contribution in [0.3, 0.4) is 0 Å². The Morgan fingerprint density at radius 3 is 2.69 bits per heavy atom. The molecule has 32 heavy (non-hydrogen) atoms. The maximum atomic E-state index is 12.9. The first kappa shape index (κ1) is 21.8. The van der Waals surface area contributed by atoms with E-state index in [0.29, 0.717) is 16.1 Å². The molecule has 2 heterocycles. The Morgan fingerprint density at radius 1 is 1.12 bits per heavy atom. The Hall–Kier alpha value is -3.40. The highest BCUT2D eigenvalue weighted by Crippen LogP contribution is 2.31. The van der Waals surface area contributed by atoms with Crippen molar-refractivity contribution < 1.29 is 18.0 Å². The molecule has 0 saturated carbocycles. The van der Waals surface area contributed by atoms with Gasteiger partial charge in [0, 0.05) is 5.69 Å². The Kier molecular flexibility index (Phi) is 5.88. The number of alkyl halides is 3. The SMILES string of the molecule is Cc1ccc(-n2ncc3c(SCC(=O)Nc4cccc(C(F)(F)F)c4)ncnc32)c(C)c1. The number of nitrogens with zero attached hydrogens (tertiary/aromatic N) is 4. The fourth-order valence-corrected chi connectivity index (χ4v) is 4.02. The maximum absolute atomic E-state index is 12.9. The fraction of sp³-hybridized carbons (Fsp3) is 0.182. The Balaban J connectivity index is 1.51. The van der Waals surface area contributed by atoms with E-state index < -0.39 is 17.6 Å². The van der Waals surface area contributed by atoms with Crippen LogP contribution in [0.5, 0.6) is 0 Å². The number of rotatable bonds is 5. The zero-order valence-electron chi connectivity index (χ0n) is 17.1. The first-order valence-electron chi connectivity index (χ1n) is 9.58. The van der Waals surface area contributed by atoms with Crippen molar-refractivity contribution in [3.8, 4) is 5.69 Å². The quantitative estimate of drug-likeness (QED) is 0.330. The average Bonchev–Trinajstić information content (AvgIpc) is 3.16. The lowest BCUT2D eigenvalue weighted by Crippen LogP contribution is -2.15. The third kappa shape index (κ3) is 4.59. The van der Waals surface area contributed by atoms with Gasteiger partial charge >= 0.3 is 6.18 Å². The third-order valence-corrected chi connectivity index (χ3v) is 5.73. The van der Waals surface area contributed by atoms with Gasteiger partial charge in [0.2, 0.25) is 5.91 Å². The summed E-state index contributed by atoms with van der Waals surface area (Å²) in [6, 6.07) is 10.5. The van der Waals surface area contributed by atoms with Gasteiger partial charge in [-0.1, -0.05) is 35.5 Å². The lowest BCUT2D eigenvalue weighted by atomic mass is 10.1. The van der Waals surface area contributed by atoms with Crippen LogP contribution >= 0.6 is 11.8 Å². The van der Waals surface area contributed by atoms with Gasteiger partial charge in [0.15, 0.2) is 5.65 Å². The van der Waals surface area contributed by atoms with Crippen molar-refractivity contribution in [3.63, 3.8) is 0 Å². The summed E-state index contributed by atoms with van der Waals surface area (Å²) < 4.78 is 40.3. The Bertz CT molecular complexity index is 1300. The topological polar surface area (TPSA) is 72.7 Å². The van der Waals surface area contributed by atoms with E-state index >= 15 is 0 Å². The van der Waals surface area contributed by atoms with Crippen molar-refractivity contribution >= 4 is 34.4 Å². The van der Waals surface area contributed by atoms with E-state index in [1.165, 1.54) is 18.5 Å². The van der Waals surface area contributed by atoms with Gasteiger partial charge in [-0.05, 0) is 43.7 Å². The zero-order chi connectivity index (χ0) is 22.9. The molecule has 0 aliphatic carbocycles. The number of nitrogens with one attached hydrogen (secondary N) is 1. The number of hydrogen-bond acceptors (Lipinski definition) is 5. The van der Waals surface area contributed by atoms with Gasteiger partial charge in [0.1, 0.15) is 11.4 Å². The molecule has 0 unspecified atom stereocenters. The predicted octanol–water partition coefficient (Wildman–Crippen LogP) is 5.18. The van der Waals surface area contributed by atoms with Crippen LogP contribution in [0, 0.1) is 13.8 Å². The molecule has 2 aromatic heterocycles. The molecule has 10 heteroatoms. The van der Waals surface area contributed by atoms with Crippen molar-refractivity contribution in [2.45, 2.75) is 25.0 Å². The van der Waals surface area contributed by atoms with E-state index in [1.807, 2.05) is 26.0 Å². The van der Waals surface area contributed by atoms with E-state index in [1.54, 1.807) is 10.9 Å². The number of carbonyl (C=O) groups is 1. The zero-order valence-corrected chi connectivity index (χ0v) is 18.0. The number of benzene rings is 2. The molecule has 0 saturated heterocycles. The monoisotopic (exact) mass is 457 g/mol. The second-order valence-corrected chi connectivity index (χ2v) is 8.14. The molecule has 1 N–H and O–H groups in total. The molecule has 0 aliphatic rings. The van der Waals surface area contributed by atoms with Crippen LogP contribution in [0.15, 0.2) is 60.0 Å². The molecule has 6 nitrogen and oxygen atoms in total. The lowest BCUT2D eigenvalue weighted by Gasteiger charge is -2.10. The molecule has 0 spiro atoms. The van der Waals surface area contributed by atoms with Crippen molar-refractivity contribution in [2.75, 3.05) is 11.1 Å². The van der Waals surface area contributed by atoms with E-state index in [4.69, 9.17) is 0 Å². The van der Waals surface area contributed by atoms with Gasteiger partial charge in [-0.15, -0.1) is 0 Å². The minimum atomic E-state index is -4.47. The summed E-state index contributed by atoms with van der Waals surface area (Å²) in [5, 5.41) is 8.18. The van der Waals surface area contributed by atoms with Crippen LogP contribution < -0.4 is 5.32 Å². The van der Waals surface area contributed by atoms with Crippen molar-refractivity contribution in [2.24, 2.45) is 0 Å². The molecular formula is C22H18F3N5OS. The summed E-state index contributed by atoms with van der Waals surface area (Å²) in [4.78, 5) is 20.9. The number of anilines is 1. The number of thioether (sulfide) groups is 1. The fourth-order valence-electron chi connectivity index (χ4n) is 3.26. The van der Waals surface area contributed by atoms with Gasteiger partial charge in [-0.25, -0.2) is 14.6 Å². The molecule has 1 amide bonds. The van der Waals surface area contributed by atoms with Crippen molar-refractivity contribution in [1.82, 2.24) is 19.7 Å². The number of fused-ring (bicyclic) bond motifs is 1. The number of aromatic nitrogens is 4. The predicted molar refractivity (Wildman–Crippen MR) is 117 cm³/mol. The lowest BCUT2D eigenvalue weighted by molar-refractivity contribution is -0.137. The summed E-state index contributed by atoms with van der Waals surface area (Å²) >= 11 is 1.16. The largest absolute Gasteiger partial charge is 0.416 e. The summed E-state index contributed by atoms with van der Waals surface area (Å²) in [6.45, 7) is 4.00. The number of carbonyl (C=O) groups excluding carboxylic acids is 1. The number of aryl methyl sites for hydroxylation is 2. The van der Waals surface area contributed by atoms with Gasteiger partial charge in [-0.3, -0.25) is 4.79 Å². The van der Waals surface area contributed by atoms with Gasteiger partial charge in [0.05, 0.1) is 28.6 Å². The van der Waals surface area contributed by atoms with Crippen LogP contribution in [-0.4, -0.2) is 31.4 Å². The van der Waals surface area contributed by atoms with Gasteiger partial charge < -0.3 is 5.32 Å². The second-order valence-electron chi connectivity index (χ2n) is 7.18. The van der Waals surface area contributed by atoms with E-state index in [2.05, 4.69) is 26.4 Å². The van der Waals surface area contributed by atoms with Gasteiger partial charge in [0.25, 0.3) is 0 Å². The molecule has 2 aromatic carbocycles. The van der Waals surface area contributed by atoms with Crippen LogP contribution in [0.25, 0.3) is 16.7 Å². The van der Waals surface area contributed by atoms with Crippen LogP contribution in [0.4, 0.5) is 18.9 Å². The smallest absolute Gasteiger partial charge is 0.325 e. The Labute approximate surface area is 185 Å². The molecule has 0 bridgehead atoms. The highest BCUT2D eigenvalue weighted by Gasteiger charge is 2.30. The molecule has 164 valence electrons. The first-order chi connectivity index (χ1) is 15.2. The molecule has 0 fully saturated rings. The summed E-state index contributed by atoms with van der Waals surface area (Å²) in [5.41, 5.74) is 2.94. The number of halogens is 3. The minimum absolute atomic E-state index is 0.0307. The highest BCUT2D eigenvalue weighted by atomic mass is 32.2. The highest BCUT2D eigenvalue weighted by molar-refractivity contribution is 8.00. The third-order valence-electron chi connectivity index (χ3n) is 4.72. The molecule has 0 atom stereocenters. The van der Waals surface area contributed by atoms with Crippen molar-refractivity contribution in [1.29, 1.82) is 0 Å². The molecule has 4 rings (SSSR count). The van der Waals surface area contributed by atoms with E-state index in [0.717, 1.165) is 40.7 Å². The van der Waals surface area contributed by atoms with E-state index in [-0.39, 0.29) is 11.4 Å². The Morgan fingerprint density at radius 2 is 1.94 bits per heavy atom. The number of hydrogen-bond donors (Lipinski definition) is 1. The number of amides is 1. The van der Waals surface area contributed by atoms with Crippen LogP contribution in [0.2, 0.25) is 0 Å². The summed E-state index contributed by atoms with van der Waals surface area (Å²) in [6.07, 6.45) is -1.43. The first-order valence-corrected chi connectivity index (χ1v) is 10.6. The second kappa shape index (κ2) is 8.62. The minimum Gasteiger partial charge on any atom is -0.325 e. The van der Waals surface area contributed by atoms with Crippen molar-refractivity contribution in [3.05, 3.63) is 71.7 Å². The maximum Gasteiger partial charge on any atom is 0.416 e. The van der Waals surface area contributed by atoms with E-state index in [9.17, 15) is 18.0 Å². The summed E-state index contributed by atoms with van der Waals surface area (Å²) in [5.74, 6) is -0.472. The van der Waals surface area contributed by atoms with Crippen LogP contribution in [0.1, 0.15) is 16.7 Å². The molecular weight excluding hydrogens is 439 g/mol. The standard InChI is InChI=1S/C22H18F3N5OS/c1-13-6-7-18(14(2)8-13)30-20-17(10-28-30)21(27-12-26-20)32-11-19(31)29-16-5-3-4-15(9-16)22(23,24)25/h3-10,12H,11H2,1-2H3,(H,29,31). The molecule has 0 aliphatic heterocycles. The average molecular weight is 457 g/mol. The molecule has 0 radical (unpaired) electrons. The van der Waals surface area contributed by atoms with Gasteiger partial charge in [-0.2, -0.15) is 18.3 Å². The van der Waals surface area contributed by atoms with Crippen LogP contribution in [-0.2, 0) is 11.0 Å². The normalized spacial score (nSPS) is 11.7. The summed E-state index contributed by atoms with van der Waals surface area (Å²) in [7, 11) is 0.